The van der Waals surface area contributed by atoms with E-state index in [-0.39, 0.29) is 35.5 Å². The van der Waals surface area contributed by atoms with Crippen LogP contribution in [-0.4, -0.2) is 34.5 Å². The van der Waals surface area contributed by atoms with E-state index in [0.29, 0.717) is 19.4 Å². The zero-order valence-electron chi connectivity index (χ0n) is 17.3. The molecule has 1 rings (SSSR count). The van der Waals surface area contributed by atoms with Crippen molar-refractivity contribution < 1.29 is 44.3 Å². The summed E-state index contributed by atoms with van der Waals surface area (Å²) in [4.78, 5) is 24.8. The van der Waals surface area contributed by atoms with Gasteiger partial charge < -0.3 is 10.0 Å². The number of hydrogen-bond donors (Lipinski definition) is 1. The van der Waals surface area contributed by atoms with Crippen LogP contribution in [0.3, 0.4) is 0 Å². The smallest absolute Gasteiger partial charge is 0.480 e. The number of rotatable bonds is 15. The molecule has 1 saturated heterocycles. The normalized spacial score (nSPS) is 16.5. The number of unbranched alkanes of at least 4 members (excludes halogenated alkanes) is 12. The van der Waals surface area contributed by atoms with E-state index in [9.17, 15) is 9.59 Å². The molecule has 0 bridgehead atoms. The van der Waals surface area contributed by atoms with Gasteiger partial charge in [-0.1, -0.05) is 84.0 Å². The number of nitrogens with zero attached hydrogens (tertiary/aromatic N) is 1. The zero-order valence-corrected chi connectivity index (χ0v) is 19.3. The summed E-state index contributed by atoms with van der Waals surface area (Å²) in [6.45, 7) is 2.88. The van der Waals surface area contributed by atoms with Crippen LogP contribution >= 0.6 is 0 Å². The van der Waals surface area contributed by atoms with E-state index in [2.05, 4.69) is 6.92 Å². The molecule has 1 fully saturated rings. The molecular formula is C21H39NNaO3+. The Morgan fingerprint density at radius 2 is 1.31 bits per heavy atom. The summed E-state index contributed by atoms with van der Waals surface area (Å²) in [6.07, 6.45) is 18.7. The maximum atomic E-state index is 12.1. The minimum atomic E-state index is -0.851. The molecule has 1 aliphatic rings. The van der Waals surface area contributed by atoms with E-state index < -0.39 is 12.0 Å². The summed E-state index contributed by atoms with van der Waals surface area (Å²) in [5, 5.41) is 9.12. The first-order chi connectivity index (χ1) is 12.2. The van der Waals surface area contributed by atoms with Gasteiger partial charge >= 0.3 is 35.5 Å². The molecule has 1 aliphatic heterocycles. The fourth-order valence-corrected chi connectivity index (χ4v) is 3.76. The molecule has 146 valence electrons. The largest absolute Gasteiger partial charge is 1.00 e. The molecule has 1 atom stereocenters. The Balaban J connectivity index is 0.00000625. The fourth-order valence-electron chi connectivity index (χ4n) is 3.76. The van der Waals surface area contributed by atoms with Crippen molar-refractivity contribution in [1.82, 2.24) is 4.90 Å². The number of aliphatic carboxylic acids is 1. The molecule has 4 nitrogen and oxygen atoms in total. The third-order valence-corrected chi connectivity index (χ3v) is 5.35. The number of carboxylic acid groups (broad SMARTS) is 1. The summed E-state index contributed by atoms with van der Waals surface area (Å²) in [6, 6.07) is -0.575. The second-order valence-corrected chi connectivity index (χ2v) is 7.58. The number of amides is 1. The van der Waals surface area contributed by atoms with Gasteiger partial charge in [-0.25, -0.2) is 4.79 Å². The molecule has 0 aromatic heterocycles. The molecule has 1 N–H and O–H groups in total. The molecule has 1 unspecified atom stereocenters. The summed E-state index contributed by atoms with van der Waals surface area (Å²) < 4.78 is 0. The maximum Gasteiger partial charge on any atom is 1.00 e. The van der Waals surface area contributed by atoms with Gasteiger partial charge in [0.2, 0.25) is 5.91 Å². The van der Waals surface area contributed by atoms with Crippen molar-refractivity contribution in [3.8, 4) is 0 Å². The summed E-state index contributed by atoms with van der Waals surface area (Å²) in [5.41, 5.74) is 0. The third kappa shape index (κ3) is 11.6. The van der Waals surface area contributed by atoms with Gasteiger partial charge in [0, 0.05) is 13.0 Å². The van der Waals surface area contributed by atoms with Gasteiger partial charge in [0.05, 0.1) is 0 Å². The van der Waals surface area contributed by atoms with E-state index in [1.165, 1.54) is 70.6 Å². The molecule has 1 heterocycles. The summed E-state index contributed by atoms with van der Waals surface area (Å²) >= 11 is 0. The number of hydrogen-bond acceptors (Lipinski definition) is 2. The number of carbonyl (C=O) groups is 2. The molecule has 0 aliphatic carbocycles. The Kier molecular flexibility index (Phi) is 17.0. The summed E-state index contributed by atoms with van der Waals surface area (Å²) in [7, 11) is 0. The van der Waals surface area contributed by atoms with Crippen LogP contribution in [0.1, 0.15) is 110 Å². The predicted molar refractivity (Wildman–Crippen MR) is 103 cm³/mol. The Hall–Kier alpha value is -0.0600. The van der Waals surface area contributed by atoms with Crippen LogP contribution in [0.5, 0.6) is 0 Å². The monoisotopic (exact) mass is 376 g/mol. The van der Waals surface area contributed by atoms with E-state index >= 15 is 0 Å². The van der Waals surface area contributed by atoms with Crippen LogP contribution in [0, 0.1) is 0 Å². The molecule has 5 heteroatoms. The van der Waals surface area contributed by atoms with Gasteiger partial charge in [0.1, 0.15) is 6.04 Å². The minimum absolute atomic E-state index is 0. The molecule has 0 spiro atoms. The van der Waals surface area contributed by atoms with Gasteiger partial charge in [-0.3, -0.25) is 4.79 Å². The van der Waals surface area contributed by atoms with Crippen molar-refractivity contribution in [3.63, 3.8) is 0 Å². The summed E-state index contributed by atoms with van der Waals surface area (Å²) in [5.74, 6) is -0.816. The average Bonchev–Trinajstić information content (AvgIpc) is 3.09. The topological polar surface area (TPSA) is 57.6 Å². The van der Waals surface area contributed by atoms with Gasteiger partial charge in [0.15, 0.2) is 0 Å². The molecular weight excluding hydrogens is 337 g/mol. The van der Waals surface area contributed by atoms with E-state index in [1.54, 1.807) is 4.90 Å². The van der Waals surface area contributed by atoms with Crippen molar-refractivity contribution >= 4 is 11.9 Å². The first-order valence-electron chi connectivity index (χ1n) is 10.7. The first kappa shape index (κ1) is 25.9. The number of carboxylic acids is 1. The molecule has 1 amide bonds. The predicted octanol–water partition coefficient (Wildman–Crippen LogP) is 2.55. The fraction of sp³-hybridized carbons (Fsp3) is 0.905. The molecule has 0 aromatic carbocycles. The molecule has 26 heavy (non-hydrogen) atoms. The SMILES string of the molecule is CCCCCCCCCCCCCCCC(=O)N1CCCC1C(=O)O.[Na+]. The van der Waals surface area contributed by atoms with Crippen LogP contribution in [0.4, 0.5) is 0 Å². The van der Waals surface area contributed by atoms with E-state index in [1.807, 2.05) is 0 Å². The number of likely N-dealkylation sites (tertiary alicyclic amines) is 1. The average molecular weight is 377 g/mol. The zero-order chi connectivity index (χ0) is 18.3. The van der Waals surface area contributed by atoms with Crippen LogP contribution in [0.25, 0.3) is 0 Å². The molecule has 0 aromatic rings. The second-order valence-electron chi connectivity index (χ2n) is 7.58. The van der Waals surface area contributed by atoms with Crippen molar-refractivity contribution in [2.24, 2.45) is 0 Å². The quantitative estimate of drug-likeness (QED) is 0.353. The molecule has 0 saturated carbocycles. The van der Waals surface area contributed by atoms with Crippen LogP contribution in [0.15, 0.2) is 0 Å². The molecule has 0 radical (unpaired) electrons. The van der Waals surface area contributed by atoms with Crippen LogP contribution in [-0.2, 0) is 9.59 Å². The maximum absolute atomic E-state index is 12.1. The Morgan fingerprint density at radius 1 is 0.846 bits per heavy atom. The Labute approximate surface area is 182 Å². The van der Waals surface area contributed by atoms with Crippen molar-refractivity contribution in [2.45, 2.75) is 116 Å². The van der Waals surface area contributed by atoms with Crippen LogP contribution < -0.4 is 29.6 Å². The van der Waals surface area contributed by atoms with Crippen molar-refractivity contribution in [3.05, 3.63) is 0 Å². The minimum Gasteiger partial charge on any atom is -0.480 e. The van der Waals surface area contributed by atoms with Gasteiger partial charge in [0.25, 0.3) is 0 Å². The number of carbonyl (C=O) groups excluding carboxylic acids is 1. The van der Waals surface area contributed by atoms with Gasteiger partial charge in [-0.15, -0.1) is 0 Å². The Bertz CT molecular complexity index is 376. The van der Waals surface area contributed by atoms with Crippen LogP contribution in [0.2, 0.25) is 0 Å². The Morgan fingerprint density at radius 3 is 1.77 bits per heavy atom. The first-order valence-corrected chi connectivity index (χ1v) is 10.7. The van der Waals surface area contributed by atoms with Crippen molar-refractivity contribution in [2.75, 3.05) is 6.54 Å². The second kappa shape index (κ2) is 17.1. The van der Waals surface area contributed by atoms with E-state index in [0.717, 1.165) is 19.3 Å². The standard InChI is InChI=1S/C21H39NO3.Na/c1-2-3-4-5-6-7-8-9-10-11-12-13-14-17-20(23)22-18-15-16-19(22)21(24)25;/h19H,2-18H2,1H3,(H,24,25);/q;+1. The van der Waals surface area contributed by atoms with Gasteiger partial charge in [-0.2, -0.15) is 0 Å². The van der Waals surface area contributed by atoms with Crippen molar-refractivity contribution in [1.29, 1.82) is 0 Å². The van der Waals surface area contributed by atoms with E-state index in [4.69, 9.17) is 5.11 Å². The third-order valence-electron chi connectivity index (χ3n) is 5.35. The van der Waals surface area contributed by atoms with Gasteiger partial charge in [-0.05, 0) is 19.3 Å².